The molecule has 0 radical (unpaired) electrons. The van der Waals surface area contributed by atoms with Crippen LogP contribution in [-0.4, -0.2) is 10.9 Å². The molecule has 94 valence electrons. The molecule has 1 nitrogen and oxygen atoms in total. The van der Waals surface area contributed by atoms with Gasteiger partial charge in [-0.2, -0.15) is 0 Å². The van der Waals surface area contributed by atoms with E-state index < -0.39 is 0 Å². The van der Waals surface area contributed by atoms with Crippen LogP contribution in [0.3, 0.4) is 0 Å². The number of aryl methyl sites for hydroxylation is 1. The summed E-state index contributed by atoms with van der Waals surface area (Å²) in [6, 6.07) is 8.76. The third-order valence-electron chi connectivity index (χ3n) is 3.54. The monoisotopic (exact) mass is 277 g/mol. The number of thiazole rings is 1. The van der Waals surface area contributed by atoms with E-state index in [0.717, 1.165) is 31.6 Å². The summed E-state index contributed by atoms with van der Waals surface area (Å²) in [5.41, 5.74) is 4.21. The molecule has 1 heterocycles. The highest BCUT2D eigenvalue weighted by atomic mass is 35.5. The summed E-state index contributed by atoms with van der Waals surface area (Å²) in [4.78, 5) is 4.77. The molecule has 2 aromatic rings. The first kappa shape index (κ1) is 12.2. The summed E-state index contributed by atoms with van der Waals surface area (Å²) in [7, 11) is 0. The van der Waals surface area contributed by atoms with Crippen molar-refractivity contribution in [3.05, 3.63) is 51.5 Å². The van der Waals surface area contributed by atoms with Gasteiger partial charge in [-0.25, -0.2) is 4.98 Å². The predicted octanol–water partition coefficient (Wildman–Crippen LogP) is 4.20. The van der Waals surface area contributed by atoms with Crippen LogP contribution < -0.4 is 0 Å². The lowest BCUT2D eigenvalue weighted by Crippen LogP contribution is -1.98. The summed E-state index contributed by atoms with van der Waals surface area (Å²) < 4.78 is 0. The smallest absolute Gasteiger partial charge is 0.0965 e. The molecule has 1 aromatic carbocycles. The average Bonchev–Trinajstić information content (AvgIpc) is 3.02. The minimum Gasteiger partial charge on any atom is -0.246 e. The minimum absolute atomic E-state index is 0.595. The van der Waals surface area contributed by atoms with Crippen LogP contribution >= 0.6 is 22.9 Å². The first-order valence-corrected chi connectivity index (χ1v) is 7.85. The lowest BCUT2D eigenvalue weighted by atomic mass is 10.1. The van der Waals surface area contributed by atoms with Gasteiger partial charge < -0.3 is 0 Å². The largest absolute Gasteiger partial charge is 0.246 e. The molecule has 3 heteroatoms. The van der Waals surface area contributed by atoms with Gasteiger partial charge in [-0.3, -0.25) is 0 Å². The molecule has 18 heavy (non-hydrogen) atoms. The molecule has 0 saturated heterocycles. The van der Waals surface area contributed by atoms with Gasteiger partial charge in [0.1, 0.15) is 0 Å². The molecule has 0 unspecified atom stereocenters. The van der Waals surface area contributed by atoms with E-state index in [1.807, 2.05) is 11.3 Å². The molecule has 0 N–H and O–H groups in total. The second-order valence-electron chi connectivity index (χ2n) is 4.84. The Morgan fingerprint density at radius 1 is 1.22 bits per heavy atom. The fraction of sp³-hybridized carbons (Fsp3) is 0.400. The molecule has 1 aromatic heterocycles. The third-order valence-corrected chi connectivity index (χ3v) is 4.86. The van der Waals surface area contributed by atoms with Gasteiger partial charge in [0.15, 0.2) is 0 Å². The highest BCUT2D eigenvalue weighted by Crippen LogP contribution is 2.35. The van der Waals surface area contributed by atoms with E-state index in [1.165, 1.54) is 21.8 Å². The fourth-order valence-electron chi connectivity index (χ4n) is 2.61. The van der Waals surface area contributed by atoms with E-state index >= 15 is 0 Å². The van der Waals surface area contributed by atoms with E-state index in [9.17, 15) is 0 Å². The van der Waals surface area contributed by atoms with Gasteiger partial charge in [-0.05, 0) is 36.8 Å². The summed E-state index contributed by atoms with van der Waals surface area (Å²) in [6.07, 6.45) is 4.34. The molecule has 0 amide bonds. The first-order valence-electron chi connectivity index (χ1n) is 6.44. The van der Waals surface area contributed by atoms with E-state index in [1.54, 1.807) is 0 Å². The number of halogens is 1. The zero-order chi connectivity index (χ0) is 12.4. The number of hydrogen-bond acceptors (Lipinski definition) is 2. The number of nitrogens with zero attached hydrogens (tertiary/aromatic N) is 1. The van der Waals surface area contributed by atoms with E-state index in [4.69, 9.17) is 16.6 Å². The van der Waals surface area contributed by atoms with Gasteiger partial charge in [0.2, 0.25) is 0 Å². The van der Waals surface area contributed by atoms with E-state index in [0.29, 0.717) is 5.92 Å². The Hall–Kier alpha value is -0.860. The second kappa shape index (κ2) is 5.41. The van der Waals surface area contributed by atoms with Gasteiger partial charge in [-0.1, -0.05) is 24.3 Å². The molecule has 1 aliphatic carbocycles. The van der Waals surface area contributed by atoms with Crippen LogP contribution in [0, 0.1) is 0 Å². The normalized spacial score (nSPS) is 14.9. The van der Waals surface area contributed by atoms with E-state index in [-0.39, 0.29) is 0 Å². The Balaban J connectivity index is 1.72. The lowest BCUT2D eigenvalue weighted by molar-refractivity contribution is 0.726. The number of aromatic nitrogens is 1. The van der Waals surface area contributed by atoms with Crippen LogP contribution in [0.15, 0.2) is 29.6 Å². The van der Waals surface area contributed by atoms with Crippen molar-refractivity contribution in [2.75, 3.05) is 5.88 Å². The van der Waals surface area contributed by atoms with Gasteiger partial charge in [-0.15, -0.1) is 22.9 Å². The molecule has 3 rings (SSSR count). The van der Waals surface area contributed by atoms with Gasteiger partial charge in [0.25, 0.3) is 0 Å². The van der Waals surface area contributed by atoms with Crippen molar-refractivity contribution in [3.63, 3.8) is 0 Å². The summed E-state index contributed by atoms with van der Waals surface area (Å²) in [5, 5.41) is 3.50. The Bertz CT molecular complexity index is 510. The Morgan fingerprint density at radius 2 is 1.94 bits per heavy atom. The Labute approximate surface area is 117 Å². The number of hydrogen-bond donors (Lipinski definition) is 0. The predicted molar refractivity (Wildman–Crippen MR) is 77.7 cm³/mol. The molecule has 0 bridgehead atoms. The minimum atomic E-state index is 0.595. The van der Waals surface area contributed by atoms with Gasteiger partial charge in [0, 0.05) is 17.2 Å². The number of fused-ring (bicyclic) bond motifs is 1. The van der Waals surface area contributed by atoms with E-state index in [2.05, 4.69) is 29.6 Å². The molecule has 0 aliphatic heterocycles. The first-order chi connectivity index (χ1) is 8.86. The van der Waals surface area contributed by atoms with Crippen molar-refractivity contribution < 1.29 is 0 Å². The molecular formula is C15H16ClNS. The Kier molecular flexibility index (Phi) is 3.67. The standard InChI is InChI=1S/C15H16ClNS/c16-7-3-6-14-10-18-15(17-14)13-8-11-4-1-2-5-12(11)9-13/h1-2,4-5,10,13H,3,6-9H2. The van der Waals surface area contributed by atoms with Crippen molar-refractivity contribution in [2.24, 2.45) is 0 Å². The van der Waals surface area contributed by atoms with Gasteiger partial charge in [0.05, 0.1) is 10.7 Å². The lowest BCUT2D eigenvalue weighted by Gasteiger charge is -2.03. The zero-order valence-electron chi connectivity index (χ0n) is 10.2. The van der Waals surface area contributed by atoms with Crippen LogP contribution in [0.4, 0.5) is 0 Å². The van der Waals surface area contributed by atoms with Crippen LogP contribution in [0.1, 0.15) is 34.2 Å². The fourth-order valence-corrected chi connectivity index (χ4v) is 3.70. The molecule has 0 spiro atoms. The average molecular weight is 278 g/mol. The van der Waals surface area contributed by atoms with Crippen LogP contribution in [0.2, 0.25) is 0 Å². The van der Waals surface area contributed by atoms with Crippen LogP contribution in [0.5, 0.6) is 0 Å². The maximum Gasteiger partial charge on any atom is 0.0965 e. The van der Waals surface area contributed by atoms with Crippen LogP contribution in [0.25, 0.3) is 0 Å². The van der Waals surface area contributed by atoms with Crippen molar-refractivity contribution in [1.82, 2.24) is 4.98 Å². The SMILES string of the molecule is ClCCCc1csc(C2Cc3ccccc3C2)n1. The molecular weight excluding hydrogens is 262 g/mol. The second-order valence-corrected chi connectivity index (χ2v) is 6.11. The number of rotatable bonds is 4. The number of alkyl halides is 1. The van der Waals surface area contributed by atoms with Crippen molar-refractivity contribution in [1.29, 1.82) is 0 Å². The summed E-state index contributed by atoms with van der Waals surface area (Å²) in [5.74, 6) is 1.32. The zero-order valence-corrected chi connectivity index (χ0v) is 11.8. The molecule has 0 fully saturated rings. The highest BCUT2D eigenvalue weighted by Gasteiger charge is 2.24. The molecule has 1 aliphatic rings. The van der Waals surface area contributed by atoms with Crippen molar-refractivity contribution in [3.8, 4) is 0 Å². The highest BCUT2D eigenvalue weighted by molar-refractivity contribution is 7.09. The summed E-state index contributed by atoms with van der Waals surface area (Å²) >= 11 is 7.54. The quantitative estimate of drug-likeness (QED) is 0.764. The molecule has 0 atom stereocenters. The summed E-state index contributed by atoms with van der Waals surface area (Å²) in [6.45, 7) is 0. The maximum atomic E-state index is 5.72. The maximum absolute atomic E-state index is 5.72. The Morgan fingerprint density at radius 3 is 2.61 bits per heavy atom. The van der Waals surface area contributed by atoms with Crippen molar-refractivity contribution >= 4 is 22.9 Å². The third kappa shape index (κ3) is 2.45. The van der Waals surface area contributed by atoms with Crippen LogP contribution in [-0.2, 0) is 19.3 Å². The topological polar surface area (TPSA) is 12.9 Å². The van der Waals surface area contributed by atoms with Crippen molar-refractivity contribution in [2.45, 2.75) is 31.6 Å². The van der Waals surface area contributed by atoms with Gasteiger partial charge >= 0.3 is 0 Å². The number of benzene rings is 1. The molecule has 0 saturated carbocycles.